The monoisotopic (exact) mass is 282 g/mol. The average molecular weight is 283 g/mol. The van der Waals surface area contributed by atoms with E-state index in [1.165, 1.54) is 23.0 Å². The highest BCUT2D eigenvalue weighted by molar-refractivity contribution is 6.30. The Hall–Kier alpha value is -1.88. The van der Waals surface area contributed by atoms with E-state index < -0.39 is 11.8 Å². The fourth-order valence-electron chi connectivity index (χ4n) is 1.90. The summed E-state index contributed by atoms with van der Waals surface area (Å²) in [6, 6.07) is 4.24. The van der Waals surface area contributed by atoms with Crippen LogP contribution in [0.1, 0.15) is 35.8 Å². The van der Waals surface area contributed by atoms with Crippen molar-refractivity contribution >= 4 is 17.6 Å². The molecule has 0 unspecified atom stereocenters. The van der Waals surface area contributed by atoms with E-state index in [1.54, 1.807) is 6.07 Å². The highest BCUT2D eigenvalue weighted by Crippen LogP contribution is 2.25. The van der Waals surface area contributed by atoms with Gasteiger partial charge in [-0.25, -0.2) is 13.9 Å². The predicted octanol–water partition coefficient (Wildman–Crippen LogP) is 3.49. The number of carboxylic acid groups (broad SMARTS) is 1. The Bertz CT molecular complexity index is 638. The number of nitrogens with zero attached hydrogens (tertiary/aromatic N) is 2. The van der Waals surface area contributed by atoms with Gasteiger partial charge >= 0.3 is 5.97 Å². The van der Waals surface area contributed by atoms with Crippen LogP contribution in [0.2, 0.25) is 5.02 Å². The van der Waals surface area contributed by atoms with E-state index in [1.807, 2.05) is 13.8 Å². The molecule has 0 saturated heterocycles. The molecule has 1 aromatic heterocycles. The Labute approximate surface area is 114 Å². The molecule has 0 bridgehead atoms. The highest BCUT2D eigenvalue weighted by Gasteiger charge is 2.20. The molecular formula is C13H12ClFN2O2. The molecule has 0 aliphatic heterocycles. The molecule has 0 fully saturated rings. The zero-order valence-electron chi connectivity index (χ0n) is 10.4. The smallest absolute Gasteiger partial charge is 0.339 e. The normalized spacial score (nSPS) is 11.0. The van der Waals surface area contributed by atoms with Crippen molar-refractivity contribution in [3.05, 3.63) is 46.5 Å². The van der Waals surface area contributed by atoms with Gasteiger partial charge in [0.1, 0.15) is 11.4 Å². The molecule has 2 aromatic rings. The van der Waals surface area contributed by atoms with E-state index in [4.69, 9.17) is 16.7 Å². The maximum Gasteiger partial charge on any atom is 0.339 e. The third-order valence-corrected chi connectivity index (χ3v) is 3.04. The van der Waals surface area contributed by atoms with Crippen molar-refractivity contribution in [1.82, 2.24) is 9.78 Å². The number of benzene rings is 1. The Morgan fingerprint density at radius 1 is 1.47 bits per heavy atom. The van der Waals surface area contributed by atoms with Gasteiger partial charge in [-0.2, -0.15) is 5.10 Å². The first-order valence-electron chi connectivity index (χ1n) is 5.68. The highest BCUT2D eigenvalue weighted by atomic mass is 35.5. The van der Waals surface area contributed by atoms with Gasteiger partial charge in [-0.15, -0.1) is 0 Å². The second-order valence-corrected chi connectivity index (χ2v) is 4.82. The van der Waals surface area contributed by atoms with Gasteiger partial charge in [-0.3, -0.25) is 0 Å². The third kappa shape index (κ3) is 2.46. The molecule has 1 aromatic carbocycles. The van der Waals surface area contributed by atoms with E-state index in [9.17, 15) is 9.18 Å². The molecule has 19 heavy (non-hydrogen) atoms. The molecule has 0 amide bonds. The summed E-state index contributed by atoms with van der Waals surface area (Å²) in [7, 11) is 0. The maximum absolute atomic E-state index is 13.5. The SMILES string of the molecule is CC(C)c1c(C(=O)O)cnn1-c1ccc(Cl)c(F)c1. The van der Waals surface area contributed by atoms with Crippen LogP contribution in [0.5, 0.6) is 0 Å². The number of halogens is 2. The van der Waals surface area contributed by atoms with Crippen LogP contribution in [-0.4, -0.2) is 20.9 Å². The van der Waals surface area contributed by atoms with Gasteiger partial charge in [0.15, 0.2) is 0 Å². The minimum atomic E-state index is -1.05. The summed E-state index contributed by atoms with van der Waals surface area (Å²) in [5.41, 5.74) is 1.08. The van der Waals surface area contributed by atoms with Crippen molar-refractivity contribution < 1.29 is 14.3 Å². The zero-order valence-corrected chi connectivity index (χ0v) is 11.1. The Morgan fingerprint density at radius 2 is 2.16 bits per heavy atom. The van der Waals surface area contributed by atoms with E-state index >= 15 is 0 Å². The van der Waals surface area contributed by atoms with Gasteiger partial charge in [0.25, 0.3) is 0 Å². The van der Waals surface area contributed by atoms with Crippen LogP contribution in [0.3, 0.4) is 0 Å². The lowest BCUT2D eigenvalue weighted by Crippen LogP contribution is -2.08. The second-order valence-electron chi connectivity index (χ2n) is 4.41. The lowest BCUT2D eigenvalue weighted by Gasteiger charge is -2.11. The van der Waals surface area contributed by atoms with Crippen LogP contribution in [0.25, 0.3) is 5.69 Å². The van der Waals surface area contributed by atoms with Crippen LogP contribution >= 0.6 is 11.6 Å². The van der Waals surface area contributed by atoms with Crippen LogP contribution < -0.4 is 0 Å². The van der Waals surface area contributed by atoms with E-state index in [2.05, 4.69) is 5.10 Å². The Morgan fingerprint density at radius 3 is 2.68 bits per heavy atom. The third-order valence-electron chi connectivity index (χ3n) is 2.73. The molecular weight excluding hydrogens is 271 g/mol. The molecule has 0 aliphatic carbocycles. The van der Waals surface area contributed by atoms with Crippen molar-refractivity contribution in [2.24, 2.45) is 0 Å². The van der Waals surface area contributed by atoms with Crippen molar-refractivity contribution in [2.45, 2.75) is 19.8 Å². The lowest BCUT2D eigenvalue weighted by atomic mass is 10.1. The number of carboxylic acids is 1. The lowest BCUT2D eigenvalue weighted by molar-refractivity contribution is 0.0695. The van der Waals surface area contributed by atoms with Gasteiger partial charge in [-0.05, 0) is 18.1 Å². The molecule has 2 rings (SSSR count). The van der Waals surface area contributed by atoms with E-state index in [0.29, 0.717) is 11.4 Å². The van der Waals surface area contributed by atoms with Crippen molar-refractivity contribution in [3.8, 4) is 5.69 Å². The maximum atomic E-state index is 13.5. The summed E-state index contributed by atoms with van der Waals surface area (Å²) in [5, 5.41) is 13.2. The summed E-state index contributed by atoms with van der Waals surface area (Å²) in [5.74, 6) is -1.68. The number of aromatic nitrogens is 2. The predicted molar refractivity (Wildman–Crippen MR) is 69.6 cm³/mol. The Balaban J connectivity index is 2.62. The minimum Gasteiger partial charge on any atom is -0.478 e. The average Bonchev–Trinajstić information content (AvgIpc) is 2.77. The molecule has 0 atom stereocenters. The van der Waals surface area contributed by atoms with Gasteiger partial charge in [0, 0.05) is 6.07 Å². The van der Waals surface area contributed by atoms with Crippen LogP contribution in [0, 0.1) is 5.82 Å². The fourth-order valence-corrected chi connectivity index (χ4v) is 2.02. The molecule has 0 aliphatic rings. The Kier molecular flexibility index (Phi) is 3.57. The number of carbonyl (C=O) groups is 1. The second kappa shape index (κ2) is 5.01. The first-order valence-corrected chi connectivity index (χ1v) is 6.06. The molecule has 0 saturated carbocycles. The summed E-state index contributed by atoms with van der Waals surface area (Å²) < 4.78 is 14.9. The van der Waals surface area contributed by atoms with Gasteiger partial charge in [0.05, 0.1) is 22.6 Å². The topological polar surface area (TPSA) is 55.1 Å². The van der Waals surface area contributed by atoms with Gasteiger partial charge in [-0.1, -0.05) is 25.4 Å². The molecule has 4 nitrogen and oxygen atoms in total. The standard InChI is InChI=1S/C13H12ClFN2O2/c1-7(2)12-9(13(18)19)6-16-17(12)8-3-4-10(14)11(15)5-8/h3-7H,1-2H3,(H,18,19). The first kappa shape index (κ1) is 13.5. The van der Waals surface area contributed by atoms with Gasteiger partial charge < -0.3 is 5.11 Å². The van der Waals surface area contributed by atoms with Crippen LogP contribution in [0.4, 0.5) is 4.39 Å². The molecule has 6 heteroatoms. The first-order chi connectivity index (χ1) is 8.91. The number of aromatic carboxylic acids is 1. The fraction of sp³-hybridized carbons (Fsp3) is 0.231. The van der Waals surface area contributed by atoms with Crippen LogP contribution in [0.15, 0.2) is 24.4 Å². The molecule has 0 spiro atoms. The van der Waals surface area contributed by atoms with Crippen molar-refractivity contribution in [2.75, 3.05) is 0 Å². The zero-order chi connectivity index (χ0) is 14.2. The van der Waals surface area contributed by atoms with E-state index in [0.717, 1.165) is 0 Å². The largest absolute Gasteiger partial charge is 0.478 e. The summed E-state index contributed by atoms with van der Waals surface area (Å²) in [6.45, 7) is 3.71. The quantitative estimate of drug-likeness (QED) is 0.937. The number of rotatable bonds is 3. The summed E-state index contributed by atoms with van der Waals surface area (Å²) >= 11 is 5.63. The van der Waals surface area contributed by atoms with Crippen molar-refractivity contribution in [3.63, 3.8) is 0 Å². The molecule has 1 N–H and O–H groups in total. The number of hydrogen-bond donors (Lipinski definition) is 1. The molecule has 0 radical (unpaired) electrons. The molecule has 100 valence electrons. The summed E-state index contributed by atoms with van der Waals surface area (Å²) in [4.78, 5) is 11.1. The van der Waals surface area contributed by atoms with E-state index in [-0.39, 0.29) is 16.5 Å². The van der Waals surface area contributed by atoms with Crippen LogP contribution in [-0.2, 0) is 0 Å². The number of hydrogen-bond acceptors (Lipinski definition) is 2. The van der Waals surface area contributed by atoms with Gasteiger partial charge in [0.2, 0.25) is 0 Å². The summed E-state index contributed by atoms with van der Waals surface area (Å²) in [6.07, 6.45) is 1.27. The molecule has 1 heterocycles. The minimum absolute atomic E-state index is 0.0143. The van der Waals surface area contributed by atoms with Crippen molar-refractivity contribution in [1.29, 1.82) is 0 Å².